The molecule has 0 saturated carbocycles. The van der Waals surface area contributed by atoms with E-state index >= 15 is 0 Å². The van der Waals surface area contributed by atoms with Gasteiger partial charge in [0.15, 0.2) is 5.15 Å². The highest BCUT2D eigenvalue weighted by Crippen LogP contribution is 2.29. The molecular formula is C7H2Cl2F2N2O2S. The Morgan fingerprint density at radius 3 is 2.44 bits per heavy atom. The first kappa shape index (κ1) is 13.1. The van der Waals surface area contributed by atoms with Gasteiger partial charge in [-0.1, -0.05) is 11.6 Å². The van der Waals surface area contributed by atoms with Gasteiger partial charge >= 0.3 is 0 Å². The van der Waals surface area contributed by atoms with Gasteiger partial charge in [-0.15, -0.1) is 0 Å². The van der Waals surface area contributed by atoms with E-state index in [2.05, 4.69) is 4.98 Å². The summed E-state index contributed by atoms with van der Waals surface area (Å²) in [7, 11) is 0.681. The van der Waals surface area contributed by atoms with Crippen LogP contribution in [0.1, 0.15) is 17.7 Å². The molecule has 16 heavy (non-hydrogen) atoms. The standard InChI is InChI=1S/C7H2Cl2F2N2O2S/c8-6-5(16(9,14)15)3(2-12)1-4(13-6)7(10)11/h1,7H. The third-order valence-corrected chi connectivity index (χ3v) is 3.29. The summed E-state index contributed by atoms with van der Waals surface area (Å²) in [5, 5.41) is 7.86. The number of alkyl halides is 2. The summed E-state index contributed by atoms with van der Waals surface area (Å²) in [5.74, 6) is 0. The van der Waals surface area contributed by atoms with E-state index in [1.54, 1.807) is 0 Å². The van der Waals surface area contributed by atoms with Gasteiger partial charge < -0.3 is 0 Å². The zero-order valence-corrected chi connectivity index (χ0v) is 9.61. The molecule has 86 valence electrons. The van der Waals surface area contributed by atoms with Crippen molar-refractivity contribution in [1.29, 1.82) is 5.26 Å². The molecule has 1 heterocycles. The number of hydrogen-bond acceptors (Lipinski definition) is 4. The lowest BCUT2D eigenvalue weighted by Crippen LogP contribution is -2.02. The fourth-order valence-electron chi connectivity index (χ4n) is 0.948. The molecule has 1 rings (SSSR count). The van der Waals surface area contributed by atoms with Crippen LogP contribution in [0.5, 0.6) is 0 Å². The number of aromatic nitrogens is 1. The van der Waals surface area contributed by atoms with Crippen LogP contribution in [0.4, 0.5) is 8.78 Å². The van der Waals surface area contributed by atoms with Crippen LogP contribution in [0, 0.1) is 11.3 Å². The van der Waals surface area contributed by atoms with Crippen LogP contribution in [-0.2, 0) is 9.05 Å². The smallest absolute Gasteiger partial charge is 0.234 e. The van der Waals surface area contributed by atoms with Crippen molar-refractivity contribution >= 4 is 31.3 Å². The van der Waals surface area contributed by atoms with Gasteiger partial charge in [0.05, 0.1) is 5.56 Å². The van der Waals surface area contributed by atoms with E-state index in [4.69, 9.17) is 27.5 Å². The Labute approximate surface area is 98.8 Å². The molecular weight excluding hydrogens is 285 g/mol. The van der Waals surface area contributed by atoms with Crippen molar-refractivity contribution < 1.29 is 17.2 Å². The SMILES string of the molecule is N#Cc1cc(C(F)F)nc(Cl)c1S(=O)(=O)Cl. The fourth-order valence-corrected chi connectivity index (χ4v) is 2.65. The molecule has 4 nitrogen and oxygen atoms in total. The maximum absolute atomic E-state index is 12.3. The van der Waals surface area contributed by atoms with Crippen molar-refractivity contribution in [2.75, 3.05) is 0 Å². The van der Waals surface area contributed by atoms with Crippen molar-refractivity contribution in [1.82, 2.24) is 4.98 Å². The first-order valence-corrected chi connectivity index (χ1v) is 6.29. The minimum absolute atomic E-state index is 0.565. The summed E-state index contributed by atoms with van der Waals surface area (Å²) in [6.07, 6.45) is -2.96. The van der Waals surface area contributed by atoms with Crippen LogP contribution < -0.4 is 0 Å². The number of nitrogens with zero attached hydrogens (tertiary/aromatic N) is 2. The molecule has 0 bridgehead atoms. The third-order valence-electron chi connectivity index (χ3n) is 1.54. The summed E-state index contributed by atoms with van der Waals surface area (Å²) >= 11 is 5.38. The molecule has 0 spiro atoms. The van der Waals surface area contributed by atoms with Crippen LogP contribution >= 0.6 is 22.3 Å². The quantitative estimate of drug-likeness (QED) is 0.618. The minimum atomic E-state index is -4.31. The Kier molecular flexibility index (Phi) is 3.68. The molecule has 0 saturated heterocycles. The number of rotatable bonds is 2. The summed E-state index contributed by atoms with van der Waals surface area (Å²) in [5.41, 5.74) is -1.35. The average Bonchev–Trinajstić information content (AvgIpc) is 2.14. The van der Waals surface area contributed by atoms with Gasteiger partial charge in [-0.2, -0.15) is 5.26 Å². The van der Waals surface area contributed by atoms with E-state index in [9.17, 15) is 17.2 Å². The van der Waals surface area contributed by atoms with Gasteiger partial charge in [0.1, 0.15) is 16.7 Å². The average molecular weight is 287 g/mol. The second-order valence-electron chi connectivity index (χ2n) is 2.56. The molecule has 0 aliphatic rings. The van der Waals surface area contributed by atoms with E-state index in [0.717, 1.165) is 0 Å². The molecule has 0 unspecified atom stereocenters. The number of halogens is 4. The molecule has 0 amide bonds. The highest BCUT2D eigenvalue weighted by Gasteiger charge is 2.24. The molecule has 0 radical (unpaired) electrons. The van der Waals surface area contributed by atoms with Gasteiger partial charge in [0, 0.05) is 10.7 Å². The highest BCUT2D eigenvalue weighted by molar-refractivity contribution is 8.13. The molecule has 0 fully saturated rings. The van der Waals surface area contributed by atoms with Crippen molar-refractivity contribution in [3.63, 3.8) is 0 Å². The Balaban J connectivity index is 3.62. The molecule has 1 aromatic rings. The zero-order valence-electron chi connectivity index (χ0n) is 7.29. The van der Waals surface area contributed by atoms with E-state index in [0.29, 0.717) is 6.07 Å². The molecule has 0 aliphatic heterocycles. The van der Waals surface area contributed by atoms with Crippen molar-refractivity contribution in [2.45, 2.75) is 11.3 Å². The highest BCUT2D eigenvalue weighted by atomic mass is 35.7. The van der Waals surface area contributed by atoms with Gasteiger partial charge in [0.25, 0.3) is 15.5 Å². The number of pyridine rings is 1. The first-order chi connectivity index (χ1) is 7.27. The van der Waals surface area contributed by atoms with E-state index in [1.807, 2.05) is 0 Å². The van der Waals surface area contributed by atoms with Crippen LogP contribution in [0.25, 0.3) is 0 Å². The molecule has 0 aromatic carbocycles. The normalized spacial score (nSPS) is 11.5. The van der Waals surface area contributed by atoms with Crippen LogP contribution in [-0.4, -0.2) is 13.4 Å². The lowest BCUT2D eigenvalue weighted by Gasteiger charge is -2.05. The molecule has 0 aliphatic carbocycles. The molecule has 9 heteroatoms. The van der Waals surface area contributed by atoms with E-state index in [-0.39, 0.29) is 0 Å². The third kappa shape index (κ3) is 2.58. The topological polar surface area (TPSA) is 70.8 Å². The summed E-state index contributed by atoms with van der Waals surface area (Å²) in [6.45, 7) is 0. The van der Waals surface area contributed by atoms with Crippen LogP contribution in [0.15, 0.2) is 11.0 Å². The summed E-state index contributed by atoms with van der Waals surface area (Å²) in [6, 6.07) is 2.05. The maximum Gasteiger partial charge on any atom is 0.280 e. The number of hydrogen-bond donors (Lipinski definition) is 0. The van der Waals surface area contributed by atoms with Crippen LogP contribution in [0.2, 0.25) is 5.15 Å². The minimum Gasteiger partial charge on any atom is -0.234 e. The second-order valence-corrected chi connectivity index (χ2v) is 5.43. The zero-order chi connectivity index (χ0) is 12.5. The van der Waals surface area contributed by atoms with Gasteiger partial charge in [0.2, 0.25) is 0 Å². The van der Waals surface area contributed by atoms with Gasteiger partial charge in [-0.3, -0.25) is 0 Å². The van der Waals surface area contributed by atoms with Gasteiger partial charge in [-0.25, -0.2) is 22.2 Å². The Morgan fingerprint density at radius 1 is 1.50 bits per heavy atom. The Morgan fingerprint density at radius 2 is 2.06 bits per heavy atom. The largest absolute Gasteiger partial charge is 0.280 e. The maximum atomic E-state index is 12.3. The molecule has 1 aromatic heterocycles. The second kappa shape index (κ2) is 4.49. The van der Waals surface area contributed by atoms with Crippen molar-refractivity contribution in [2.24, 2.45) is 0 Å². The lowest BCUT2D eigenvalue weighted by molar-refractivity contribution is 0.146. The Hall–Kier alpha value is -0.970. The monoisotopic (exact) mass is 286 g/mol. The van der Waals surface area contributed by atoms with E-state index < -0.39 is 36.8 Å². The summed E-state index contributed by atoms with van der Waals surface area (Å²) < 4.78 is 46.6. The predicted octanol–water partition coefficient (Wildman–Crippen LogP) is 2.47. The predicted molar refractivity (Wildman–Crippen MR) is 52.0 cm³/mol. The Bertz CT molecular complexity index is 568. The lowest BCUT2D eigenvalue weighted by atomic mass is 10.2. The van der Waals surface area contributed by atoms with E-state index in [1.165, 1.54) is 6.07 Å². The first-order valence-electron chi connectivity index (χ1n) is 3.60. The summed E-state index contributed by atoms with van der Waals surface area (Å²) in [4.78, 5) is 2.39. The van der Waals surface area contributed by atoms with Crippen LogP contribution in [0.3, 0.4) is 0 Å². The fraction of sp³-hybridized carbons (Fsp3) is 0.143. The van der Waals surface area contributed by atoms with Crippen molar-refractivity contribution in [3.8, 4) is 6.07 Å². The number of nitriles is 1. The molecule has 0 atom stereocenters. The van der Waals surface area contributed by atoms with Gasteiger partial charge in [-0.05, 0) is 6.07 Å². The molecule has 0 N–H and O–H groups in total. The van der Waals surface area contributed by atoms with Crippen molar-refractivity contribution in [3.05, 3.63) is 22.5 Å².